The van der Waals surface area contributed by atoms with Gasteiger partial charge in [0, 0.05) is 18.0 Å². The number of hydrogen-bond acceptors (Lipinski definition) is 4. The third kappa shape index (κ3) is 1.91. The fourth-order valence-corrected chi connectivity index (χ4v) is 1.39. The molecule has 0 spiro atoms. The van der Waals surface area contributed by atoms with Crippen LogP contribution >= 0.6 is 0 Å². The second kappa shape index (κ2) is 4.53. The molecule has 0 fully saturated rings. The first kappa shape index (κ1) is 10.3. The summed E-state index contributed by atoms with van der Waals surface area (Å²) in [6, 6.07) is 9.05. The van der Waals surface area contributed by atoms with E-state index >= 15 is 0 Å². The SMILES string of the molecule is COC(=O)c1ncccc1-c1ccccn1. The maximum Gasteiger partial charge on any atom is 0.357 e. The van der Waals surface area contributed by atoms with Crippen LogP contribution in [0.15, 0.2) is 42.7 Å². The van der Waals surface area contributed by atoms with Crippen molar-refractivity contribution in [2.45, 2.75) is 0 Å². The number of pyridine rings is 2. The zero-order chi connectivity index (χ0) is 11.4. The lowest BCUT2D eigenvalue weighted by atomic mass is 10.1. The molecule has 0 unspecified atom stereocenters. The van der Waals surface area contributed by atoms with Crippen molar-refractivity contribution in [2.24, 2.45) is 0 Å². The normalized spacial score (nSPS) is 9.81. The highest BCUT2D eigenvalue weighted by atomic mass is 16.5. The Hall–Kier alpha value is -2.23. The Morgan fingerprint density at radius 1 is 1.12 bits per heavy atom. The molecule has 0 atom stereocenters. The van der Waals surface area contributed by atoms with Crippen molar-refractivity contribution in [3.05, 3.63) is 48.4 Å². The van der Waals surface area contributed by atoms with Gasteiger partial charge in [0.2, 0.25) is 0 Å². The first-order chi connectivity index (χ1) is 7.83. The minimum Gasteiger partial charge on any atom is -0.464 e. The van der Waals surface area contributed by atoms with E-state index in [0.29, 0.717) is 11.3 Å². The molecule has 0 aliphatic rings. The number of carbonyl (C=O) groups excluding carboxylic acids is 1. The van der Waals surface area contributed by atoms with Gasteiger partial charge in [-0.3, -0.25) is 4.98 Å². The predicted molar refractivity (Wildman–Crippen MR) is 58.8 cm³/mol. The number of aromatic nitrogens is 2. The van der Waals surface area contributed by atoms with Crippen molar-refractivity contribution in [3.63, 3.8) is 0 Å². The highest BCUT2D eigenvalue weighted by Gasteiger charge is 2.14. The summed E-state index contributed by atoms with van der Waals surface area (Å²) < 4.78 is 4.67. The molecule has 80 valence electrons. The lowest BCUT2D eigenvalue weighted by molar-refractivity contribution is 0.0595. The molecule has 0 aromatic carbocycles. The predicted octanol–water partition coefficient (Wildman–Crippen LogP) is 1.93. The molecule has 2 aromatic rings. The van der Waals surface area contributed by atoms with E-state index < -0.39 is 5.97 Å². The van der Waals surface area contributed by atoms with E-state index in [9.17, 15) is 4.79 Å². The van der Waals surface area contributed by atoms with Gasteiger partial charge in [-0.25, -0.2) is 9.78 Å². The summed E-state index contributed by atoms with van der Waals surface area (Å²) in [7, 11) is 1.33. The smallest absolute Gasteiger partial charge is 0.357 e. The Kier molecular flexibility index (Phi) is 2.91. The van der Waals surface area contributed by atoms with Crippen LogP contribution in [0.2, 0.25) is 0 Å². The van der Waals surface area contributed by atoms with Crippen LogP contribution < -0.4 is 0 Å². The molecule has 0 bridgehead atoms. The Labute approximate surface area is 92.9 Å². The molecule has 16 heavy (non-hydrogen) atoms. The quantitative estimate of drug-likeness (QED) is 0.717. The molecule has 2 aromatic heterocycles. The van der Waals surface area contributed by atoms with Gasteiger partial charge in [0.25, 0.3) is 0 Å². The highest BCUT2D eigenvalue weighted by molar-refractivity contribution is 5.94. The van der Waals surface area contributed by atoms with Gasteiger partial charge >= 0.3 is 5.97 Å². The van der Waals surface area contributed by atoms with Crippen LogP contribution in [0.5, 0.6) is 0 Å². The van der Waals surface area contributed by atoms with E-state index in [4.69, 9.17) is 0 Å². The molecule has 4 heteroatoms. The molecule has 0 N–H and O–H groups in total. The van der Waals surface area contributed by atoms with Gasteiger partial charge in [-0.1, -0.05) is 6.07 Å². The van der Waals surface area contributed by atoms with Crippen LogP contribution in [0.4, 0.5) is 0 Å². The second-order valence-corrected chi connectivity index (χ2v) is 3.11. The number of ether oxygens (including phenoxy) is 1. The van der Waals surface area contributed by atoms with Crippen LogP contribution in [0.25, 0.3) is 11.3 Å². The summed E-state index contributed by atoms with van der Waals surface area (Å²) >= 11 is 0. The third-order valence-electron chi connectivity index (χ3n) is 2.13. The van der Waals surface area contributed by atoms with E-state index in [1.54, 1.807) is 24.5 Å². The number of methoxy groups -OCH3 is 1. The Balaban J connectivity index is 2.53. The number of carbonyl (C=O) groups is 1. The van der Waals surface area contributed by atoms with Crippen LogP contribution in [0, 0.1) is 0 Å². The summed E-state index contributed by atoms with van der Waals surface area (Å²) in [6.07, 6.45) is 3.22. The minimum atomic E-state index is -0.457. The first-order valence-corrected chi connectivity index (χ1v) is 4.77. The lowest BCUT2D eigenvalue weighted by Crippen LogP contribution is -2.06. The van der Waals surface area contributed by atoms with Gasteiger partial charge in [-0.2, -0.15) is 0 Å². The number of hydrogen-bond donors (Lipinski definition) is 0. The molecule has 2 heterocycles. The largest absolute Gasteiger partial charge is 0.464 e. The van der Waals surface area contributed by atoms with E-state index in [1.165, 1.54) is 7.11 Å². The summed E-state index contributed by atoms with van der Waals surface area (Å²) in [5.74, 6) is -0.457. The van der Waals surface area contributed by atoms with Gasteiger partial charge in [-0.15, -0.1) is 0 Å². The fourth-order valence-electron chi connectivity index (χ4n) is 1.39. The maximum absolute atomic E-state index is 11.5. The molecule has 0 aliphatic carbocycles. The van der Waals surface area contributed by atoms with Gasteiger partial charge in [0.1, 0.15) is 0 Å². The van der Waals surface area contributed by atoms with E-state index in [-0.39, 0.29) is 5.69 Å². The van der Waals surface area contributed by atoms with Gasteiger partial charge in [0.05, 0.1) is 12.8 Å². The van der Waals surface area contributed by atoms with Crippen molar-refractivity contribution >= 4 is 5.97 Å². The maximum atomic E-state index is 11.5. The van der Waals surface area contributed by atoms with Gasteiger partial charge in [-0.05, 0) is 24.3 Å². The van der Waals surface area contributed by atoms with Crippen LogP contribution in [-0.4, -0.2) is 23.0 Å². The second-order valence-electron chi connectivity index (χ2n) is 3.11. The summed E-state index contributed by atoms with van der Waals surface area (Å²) in [4.78, 5) is 19.7. The van der Waals surface area contributed by atoms with Crippen molar-refractivity contribution in [1.82, 2.24) is 9.97 Å². The molecular formula is C12H10N2O2. The van der Waals surface area contributed by atoms with Crippen LogP contribution in [0.1, 0.15) is 10.5 Å². The topological polar surface area (TPSA) is 52.1 Å². The molecular weight excluding hydrogens is 204 g/mol. The van der Waals surface area contributed by atoms with Gasteiger partial charge in [0.15, 0.2) is 5.69 Å². The zero-order valence-corrected chi connectivity index (χ0v) is 8.75. The number of nitrogens with zero attached hydrogens (tertiary/aromatic N) is 2. The Bertz CT molecular complexity index is 497. The molecule has 0 radical (unpaired) electrons. The van der Waals surface area contributed by atoms with Crippen molar-refractivity contribution in [1.29, 1.82) is 0 Å². The van der Waals surface area contributed by atoms with E-state index in [2.05, 4.69) is 14.7 Å². The molecule has 0 saturated carbocycles. The highest BCUT2D eigenvalue weighted by Crippen LogP contribution is 2.19. The van der Waals surface area contributed by atoms with Gasteiger partial charge < -0.3 is 4.74 Å². The standard InChI is InChI=1S/C12H10N2O2/c1-16-12(15)11-9(5-4-8-14-11)10-6-2-3-7-13-10/h2-8H,1H3. The summed E-state index contributed by atoms with van der Waals surface area (Å²) in [5.41, 5.74) is 1.66. The molecule has 4 nitrogen and oxygen atoms in total. The van der Waals surface area contributed by atoms with Crippen molar-refractivity contribution < 1.29 is 9.53 Å². The van der Waals surface area contributed by atoms with Crippen LogP contribution in [-0.2, 0) is 4.74 Å². The minimum absolute atomic E-state index is 0.281. The zero-order valence-electron chi connectivity index (χ0n) is 8.75. The molecule has 0 aliphatic heterocycles. The summed E-state index contributed by atoms with van der Waals surface area (Å²) in [6.45, 7) is 0. The number of rotatable bonds is 2. The molecule has 2 rings (SSSR count). The third-order valence-corrected chi connectivity index (χ3v) is 2.13. The van der Waals surface area contributed by atoms with E-state index in [1.807, 2.05) is 18.2 Å². The lowest BCUT2D eigenvalue weighted by Gasteiger charge is -2.05. The Morgan fingerprint density at radius 3 is 2.62 bits per heavy atom. The number of esters is 1. The van der Waals surface area contributed by atoms with Crippen molar-refractivity contribution in [2.75, 3.05) is 7.11 Å². The monoisotopic (exact) mass is 214 g/mol. The molecule has 0 amide bonds. The molecule has 0 saturated heterocycles. The average molecular weight is 214 g/mol. The van der Waals surface area contributed by atoms with E-state index in [0.717, 1.165) is 0 Å². The Morgan fingerprint density at radius 2 is 1.94 bits per heavy atom. The van der Waals surface area contributed by atoms with Crippen LogP contribution in [0.3, 0.4) is 0 Å². The first-order valence-electron chi connectivity index (χ1n) is 4.77. The summed E-state index contributed by atoms with van der Waals surface area (Å²) in [5, 5.41) is 0. The fraction of sp³-hybridized carbons (Fsp3) is 0.0833. The average Bonchev–Trinajstić information content (AvgIpc) is 2.39. The van der Waals surface area contributed by atoms with Crippen molar-refractivity contribution in [3.8, 4) is 11.3 Å².